The first-order chi connectivity index (χ1) is 10.9. The van der Waals surface area contributed by atoms with Crippen LogP contribution in [-0.2, 0) is 9.59 Å². The number of hydrogen-bond donors (Lipinski definition) is 1. The van der Waals surface area contributed by atoms with Gasteiger partial charge in [0.25, 0.3) is 0 Å². The Kier molecular flexibility index (Phi) is 3.31. The van der Waals surface area contributed by atoms with Gasteiger partial charge >= 0.3 is 5.97 Å². The lowest BCUT2D eigenvalue weighted by molar-refractivity contribution is -0.150. The fraction of sp³-hybridized carbons (Fsp3) is 0.800. The third kappa shape index (κ3) is 2.01. The molecule has 0 heterocycles. The van der Waals surface area contributed by atoms with Gasteiger partial charge in [0.2, 0.25) is 0 Å². The maximum absolute atomic E-state index is 11.8. The Hall–Kier alpha value is -1.12. The van der Waals surface area contributed by atoms with Crippen LogP contribution in [0.25, 0.3) is 0 Å². The molecule has 0 amide bonds. The number of carbonyl (C=O) groups excluding carboxylic acids is 1. The molecule has 1 unspecified atom stereocenters. The van der Waals surface area contributed by atoms with Crippen LogP contribution in [0.5, 0.6) is 0 Å². The highest BCUT2D eigenvalue weighted by atomic mass is 16.4. The highest BCUT2D eigenvalue weighted by Gasteiger charge is 2.60. The smallest absolute Gasteiger partial charge is 0.307 e. The first-order valence-electron chi connectivity index (χ1n) is 9.31. The van der Waals surface area contributed by atoms with Gasteiger partial charge in [0.1, 0.15) is 0 Å². The van der Waals surface area contributed by atoms with Gasteiger partial charge in [-0.15, -0.1) is 0 Å². The van der Waals surface area contributed by atoms with Crippen LogP contribution in [0.15, 0.2) is 12.2 Å². The molecule has 0 saturated heterocycles. The van der Waals surface area contributed by atoms with E-state index in [0.717, 1.165) is 38.5 Å². The van der Waals surface area contributed by atoms with Crippen LogP contribution in [0.1, 0.15) is 58.8 Å². The summed E-state index contributed by atoms with van der Waals surface area (Å²) in [5.74, 6) is 1.90. The third-order valence-corrected chi connectivity index (χ3v) is 8.34. The number of carboxylic acids is 1. The van der Waals surface area contributed by atoms with E-state index in [9.17, 15) is 14.7 Å². The molecule has 23 heavy (non-hydrogen) atoms. The molecule has 126 valence electrons. The zero-order valence-corrected chi connectivity index (χ0v) is 14.3. The molecule has 0 aromatic heterocycles. The Bertz CT molecular complexity index is 579. The van der Waals surface area contributed by atoms with Crippen molar-refractivity contribution in [3.05, 3.63) is 12.2 Å². The van der Waals surface area contributed by atoms with E-state index in [-0.39, 0.29) is 16.7 Å². The Labute approximate surface area is 138 Å². The van der Waals surface area contributed by atoms with E-state index in [0.29, 0.717) is 29.5 Å². The van der Waals surface area contributed by atoms with Crippen molar-refractivity contribution in [2.45, 2.75) is 58.8 Å². The summed E-state index contributed by atoms with van der Waals surface area (Å²) in [6.07, 6.45) is 11.2. The Morgan fingerprint density at radius 3 is 2.65 bits per heavy atom. The lowest BCUT2D eigenvalue weighted by Gasteiger charge is -2.58. The summed E-state index contributed by atoms with van der Waals surface area (Å²) >= 11 is 0. The van der Waals surface area contributed by atoms with Crippen molar-refractivity contribution in [1.29, 1.82) is 0 Å². The molecular weight excluding hydrogens is 288 g/mol. The minimum Gasteiger partial charge on any atom is -0.481 e. The maximum atomic E-state index is 11.8. The van der Waals surface area contributed by atoms with Gasteiger partial charge in [-0.25, -0.2) is 0 Å². The summed E-state index contributed by atoms with van der Waals surface area (Å²) in [7, 11) is 0. The van der Waals surface area contributed by atoms with Crippen molar-refractivity contribution in [1.82, 2.24) is 0 Å². The molecule has 7 atom stereocenters. The van der Waals surface area contributed by atoms with E-state index in [1.165, 1.54) is 6.42 Å². The Balaban J connectivity index is 1.66. The first kappa shape index (κ1) is 15.4. The van der Waals surface area contributed by atoms with Crippen molar-refractivity contribution in [3.63, 3.8) is 0 Å². The predicted octanol–water partition coefficient (Wildman–Crippen LogP) is 4.08. The van der Waals surface area contributed by atoms with Crippen molar-refractivity contribution in [2.24, 2.45) is 40.4 Å². The van der Waals surface area contributed by atoms with Gasteiger partial charge in [-0.3, -0.25) is 9.59 Å². The van der Waals surface area contributed by atoms with Crippen molar-refractivity contribution < 1.29 is 14.7 Å². The van der Waals surface area contributed by atoms with E-state index >= 15 is 0 Å². The van der Waals surface area contributed by atoms with Gasteiger partial charge in [0, 0.05) is 6.42 Å². The van der Waals surface area contributed by atoms with Crippen LogP contribution in [0.4, 0.5) is 0 Å². The van der Waals surface area contributed by atoms with E-state index in [1.807, 2.05) is 6.08 Å². The molecule has 1 N–H and O–H groups in total. The van der Waals surface area contributed by atoms with Gasteiger partial charge in [0.15, 0.2) is 5.78 Å². The number of carbonyl (C=O) groups is 2. The second kappa shape index (κ2) is 4.94. The average Bonchev–Trinajstić information content (AvgIpc) is 2.85. The Morgan fingerprint density at radius 1 is 1.13 bits per heavy atom. The molecule has 3 fully saturated rings. The number of rotatable bonds is 1. The average molecular weight is 316 g/mol. The van der Waals surface area contributed by atoms with Crippen molar-refractivity contribution in [2.75, 3.05) is 0 Å². The summed E-state index contributed by atoms with van der Waals surface area (Å²) in [6, 6.07) is 0. The molecule has 4 aliphatic rings. The molecule has 0 spiro atoms. The first-order valence-corrected chi connectivity index (χ1v) is 9.31. The normalized spacial score (nSPS) is 51.7. The molecule has 3 heteroatoms. The number of aliphatic carboxylic acids is 1. The van der Waals surface area contributed by atoms with Crippen LogP contribution in [-0.4, -0.2) is 16.9 Å². The van der Waals surface area contributed by atoms with Gasteiger partial charge in [-0.2, -0.15) is 0 Å². The van der Waals surface area contributed by atoms with Gasteiger partial charge in [-0.1, -0.05) is 19.9 Å². The fourth-order valence-corrected chi connectivity index (χ4v) is 7.04. The van der Waals surface area contributed by atoms with Gasteiger partial charge < -0.3 is 5.11 Å². The molecule has 0 radical (unpaired) electrons. The summed E-state index contributed by atoms with van der Waals surface area (Å²) in [5, 5.41) is 9.63. The SMILES string of the molecule is C[C@]12CC[C@H]3[C@@H](CCC4CC(=O)C=C[C@@]43C)[C@@H]1CC[C@@H]2C(=O)O. The second-order valence-corrected chi connectivity index (χ2v) is 9.03. The van der Waals surface area contributed by atoms with E-state index in [4.69, 9.17) is 0 Å². The number of fused-ring (bicyclic) bond motifs is 5. The van der Waals surface area contributed by atoms with Crippen LogP contribution in [0, 0.1) is 40.4 Å². The Morgan fingerprint density at radius 2 is 1.91 bits per heavy atom. The monoisotopic (exact) mass is 316 g/mol. The van der Waals surface area contributed by atoms with Crippen LogP contribution in [0.3, 0.4) is 0 Å². The summed E-state index contributed by atoms with van der Waals surface area (Å²) in [5.41, 5.74) is 0.143. The number of carboxylic acid groups (broad SMARTS) is 1. The molecule has 4 rings (SSSR count). The lowest BCUT2D eigenvalue weighted by Crippen LogP contribution is -2.52. The molecule has 4 aliphatic carbocycles. The van der Waals surface area contributed by atoms with Gasteiger partial charge in [0.05, 0.1) is 5.92 Å². The maximum Gasteiger partial charge on any atom is 0.307 e. The zero-order valence-electron chi connectivity index (χ0n) is 14.3. The number of hydrogen-bond acceptors (Lipinski definition) is 2. The minimum absolute atomic E-state index is 0.00953. The quantitative estimate of drug-likeness (QED) is 0.793. The number of ketones is 1. The molecule has 3 nitrogen and oxygen atoms in total. The van der Waals surface area contributed by atoms with E-state index in [2.05, 4.69) is 19.9 Å². The van der Waals surface area contributed by atoms with Crippen molar-refractivity contribution >= 4 is 11.8 Å². The molecular formula is C20H28O3. The standard InChI is InChI=1S/C20H28O3/c1-19-9-7-13(21)11-12(19)3-4-14-15-5-6-17(18(22)23)20(15,2)10-8-16(14)19/h7,9,12,14-17H,3-6,8,10-11H2,1-2H3,(H,22,23)/t12?,14-,15-,16-,17+,19-,20-/m0/s1. The highest BCUT2D eigenvalue weighted by Crippen LogP contribution is 2.66. The largest absolute Gasteiger partial charge is 0.481 e. The van der Waals surface area contributed by atoms with E-state index in [1.54, 1.807) is 0 Å². The summed E-state index contributed by atoms with van der Waals surface area (Å²) < 4.78 is 0. The fourth-order valence-electron chi connectivity index (χ4n) is 7.04. The van der Waals surface area contributed by atoms with Crippen LogP contribution in [0.2, 0.25) is 0 Å². The zero-order chi connectivity index (χ0) is 16.4. The van der Waals surface area contributed by atoms with Crippen molar-refractivity contribution in [3.8, 4) is 0 Å². The van der Waals surface area contributed by atoms with Crippen LogP contribution < -0.4 is 0 Å². The second-order valence-electron chi connectivity index (χ2n) is 9.03. The molecule has 0 bridgehead atoms. The molecule has 3 saturated carbocycles. The molecule has 0 aliphatic heterocycles. The highest BCUT2D eigenvalue weighted by molar-refractivity contribution is 5.91. The predicted molar refractivity (Wildman–Crippen MR) is 87.8 cm³/mol. The topological polar surface area (TPSA) is 54.4 Å². The van der Waals surface area contributed by atoms with Crippen LogP contribution >= 0.6 is 0 Å². The molecule has 0 aromatic carbocycles. The third-order valence-electron chi connectivity index (χ3n) is 8.34. The lowest BCUT2D eigenvalue weighted by atomic mass is 9.46. The number of allylic oxidation sites excluding steroid dienone is 2. The molecule has 0 aromatic rings. The van der Waals surface area contributed by atoms with E-state index < -0.39 is 5.97 Å². The minimum atomic E-state index is -0.587. The summed E-state index contributed by atoms with van der Waals surface area (Å²) in [6.45, 7) is 4.61. The van der Waals surface area contributed by atoms with Gasteiger partial charge in [-0.05, 0) is 79.1 Å². The summed E-state index contributed by atoms with van der Waals surface area (Å²) in [4.78, 5) is 23.5.